The van der Waals surface area contributed by atoms with Gasteiger partial charge in [-0.3, -0.25) is 4.90 Å². The number of piperazine rings is 1. The summed E-state index contributed by atoms with van der Waals surface area (Å²) < 4.78 is 0. The molecule has 35 heavy (non-hydrogen) atoms. The zero-order valence-electron chi connectivity index (χ0n) is 21.1. The fourth-order valence-electron chi connectivity index (χ4n) is 8.53. The smallest absolute Gasteiger partial charge is 0.0564 e. The molecule has 186 valence electrons. The predicted molar refractivity (Wildman–Crippen MR) is 149 cm³/mol. The summed E-state index contributed by atoms with van der Waals surface area (Å²) in [5.74, 6) is 3.16. The van der Waals surface area contributed by atoms with Gasteiger partial charge < -0.3 is 9.80 Å². The number of hydrogen-bond donors (Lipinski definition) is 0. The normalized spacial score (nSPS) is 32.0. The van der Waals surface area contributed by atoms with Crippen molar-refractivity contribution < 1.29 is 0 Å². The van der Waals surface area contributed by atoms with Gasteiger partial charge in [-0.2, -0.15) is 0 Å². The van der Waals surface area contributed by atoms with Gasteiger partial charge in [0.05, 0.1) is 11.4 Å². The van der Waals surface area contributed by atoms with E-state index in [1.165, 1.54) is 84.5 Å². The Morgan fingerprint density at radius 2 is 1.51 bits per heavy atom. The van der Waals surface area contributed by atoms with E-state index in [-0.39, 0.29) is 0 Å². The predicted octanol–water partition coefficient (Wildman–Crippen LogP) is 6.99. The minimum absolute atomic E-state index is 0.592. The molecule has 2 aromatic carbocycles. The van der Waals surface area contributed by atoms with Crippen LogP contribution in [0.2, 0.25) is 0 Å². The fraction of sp³-hybridized carbons (Fsp3) is 0.600. The van der Waals surface area contributed by atoms with Gasteiger partial charge in [0.25, 0.3) is 0 Å². The number of hydrogen-bond acceptors (Lipinski definition) is 5. The van der Waals surface area contributed by atoms with E-state index in [2.05, 4.69) is 63.4 Å². The highest BCUT2D eigenvalue weighted by molar-refractivity contribution is 8.00. The molecule has 3 nitrogen and oxygen atoms in total. The van der Waals surface area contributed by atoms with Crippen LogP contribution in [-0.2, 0) is 0 Å². The van der Waals surface area contributed by atoms with E-state index < -0.39 is 0 Å². The molecule has 0 amide bonds. The first kappa shape index (κ1) is 23.0. The van der Waals surface area contributed by atoms with Crippen LogP contribution in [0, 0.1) is 17.8 Å². The maximum atomic E-state index is 2.96. The van der Waals surface area contributed by atoms with Gasteiger partial charge in [-0.05, 0) is 106 Å². The molecular formula is C30H39N3S2. The average Bonchev–Trinajstić information content (AvgIpc) is 2.87. The van der Waals surface area contributed by atoms with Crippen LogP contribution in [0.15, 0.2) is 57.2 Å². The standard InChI is InChI=1S/C30H39N3S2/c1-34-25-7-8-29-27(18-25)33(26-5-2-3-6-28(26)35-29)10-4-9-31-11-13-32(14-12-31)30-19-22-15-23(20-30)17-24(16-22)21-30/h2-3,5-8,18,22-24H,4,9-17,19-21H2,1H3. The van der Waals surface area contributed by atoms with Gasteiger partial charge in [0.2, 0.25) is 0 Å². The monoisotopic (exact) mass is 505 g/mol. The van der Waals surface area contributed by atoms with Gasteiger partial charge in [-0.1, -0.05) is 23.9 Å². The number of rotatable bonds is 6. The molecule has 6 aliphatic rings. The molecule has 2 heterocycles. The van der Waals surface area contributed by atoms with Crippen molar-refractivity contribution in [2.45, 2.75) is 65.2 Å². The molecule has 1 saturated heterocycles. The Kier molecular flexibility index (Phi) is 6.12. The minimum atomic E-state index is 0.592. The number of thioether (sulfide) groups is 1. The van der Waals surface area contributed by atoms with Gasteiger partial charge >= 0.3 is 0 Å². The number of anilines is 2. The third kappa shape index (κ3) is 4.24. The van der Waals surface area contributed by atoms with E-state index in [9.17, 15) is 0 Å². The topological polar surface area (TPSA) is 9.72 Å². The third-order valence-corrected chi connectivity index (χ3v) is 11.6. The molecule has 4 saturated carbocycles. The Balaban J connectivity index is 0.986. The van der Waals surface area contributed by atoms with Crippen LogP contribution in [0.3, 0.4) is 0 Å². The second-order valence-corrected chi connectivity index (χ2v) is 13.8. The summed E-state index contributed by atoms with van der Waals surface area (Å²) >= 11 is 3.77. The van der Waals surface area contributed by atoms with E-state index in [1.807, 2.05) is 23.5 Å². The number of fused-ring (bicyclic) bond motifs is 2. The summed E-state index contributed by atoms with van der Waals surface area (Å²) in [5, 5.41) is 0. The molecule has 8 rings (SSSR count). The lowest BCUT2D eigenvalue weighted by Gasteiger charge is -2.61. The molecule has 0 unspecified atom stereocenters. The number of benzene rings is 2. The summed E-state index contributed by atoms with van der Waals surface area (Å²) in [6, 6.07) is 15.9. The number of para-hydroxylation sites is 1. The highest BCUT2D eigenvalue weighted by Gasteiger charge is 2.53. The van der Waals surface area contributed by atoms with Crippen LogP contribution in [0.1, 0.15) is 44.9 Å². The van der Waals surface area contributed by atoms with Gasteiger partial charge in [0.1, 0.15) is 0 Å². The maximum Gasteiger partial charge on any atom is 0.0564 e. The van der Waals surface area contributed by atoms with E-state index in [0.717, 1.165) is 24.3 Å². The lowest BCUT2D eigenvalue weighted by atomic mass is 9.52. The molecule has 0 N–H and O–H groups in total. The Morgan fingerprint density at radius 3 is 2.23 bits per heavy atom. The summed E-state index contributed by atoms with van der Waals surface area (Å²) in [5.41, 5.74) is 3.37. The van der Waals surface area contributed by atoms with Crippen molar-refractivity contribution in [1.29, 1.82) is 0 Å². The molecule has 2 aromatic rings. The van der Waals surface area contributed by atoms with Gasteiger partial charge in [0, 0.05) is 52.9 Å². The Hall–Kier alpha value is -1.14. The molecule has 4 bridgehead atoms. The van der Waals surface area contributed by atoms with Crippen molar-refractivity contribution in [2.75, 3.05) is 50.4 Å². The Bertz CT molecular complexity index is 1040. The summed E-state index contributed by atoms with van der Waals surface area (Å²) in [4.78, 5) is 12.4. The molecule has 5 fully saturated rings. The first-order valence-corrected chi connectivity index (χ1v) is 15.9. The van der Waals surface area contributed by atoms with E-state index >= 15 is 0 Å². The average molecular weight is 506 g/mol. The van der Waals surface area contributed by atoms with Crippen LogP contribution in [0.25, 0.3) is 0 Å². The second kappa shape index (κ2) is 9.31. The van der Waals surface area contributed by atoms with Gasteiger partial charge in [-0.25, -0.2) is 0 Å². The van der Waals surface area contributed by atoms with Crippen molar-refractivity contribution in [3.63, 3.8) is 0 Å². The van der Waals surface area contributed by atoms with E-state index in [4.69, 9.17) is 0 Å². The van der Waals surface area contributed by atoms with Crippen molar-refractivity contribution in [3.05, 3.63) is 42.5 Å². The molecule has 4 aliphatic carbocycles. The minimum Gasteiger partial charge on any atom is -0.340 e. The van der Waals surface area contributed by atoms with Crippen LogP contribution in [0.4, 0.5) is 11.4 Å². The third-order valence-electron chi connectivity index (χ3n) is 9.74. The van der Waals surface area contributed by atoms with Crippen molar-refractivity contribution in [3.8, 4) is 0 Å². The first-order valence-electron chi connectivity index (χ1n) is 13.9. The van der Waals surface area contributed by atoms with Crippen molar-refractivity contribution >= 4 is 34.9 Å². The Labute approximate surface area is 220 Å². The summed E-state index contributed by atoms with van der Waals surface area (Å²) in [6.45, 7) is 7.45. The molecule has 2 aliphatic heterocycles. The second-order valence-electron chi connectivity index (χ2n) is 11.9. The molecule has 0 atom stereocenters. The lowest BCUT2D eigenvalue weighted by molar-refractivity contribution is -0.101. The zero-order valence-corrected chi connectivity index (χ0v) is 22.8. The fourth-order valence-corrected chi connectivity index (χ4v) is 10.0. The molecule has 0 radical (unpaired) electrons. The molecular weight excluding hydrogens is 466 g/mol. The highest BCUT2D eigenvalue weighted by Crippen LogP contribution is 2.58. The van der Waals surface area contributed by atoms with Crippen molar-refractivity contribution in [2.24, 2.45) is 17.8 Å². The SMILES string of the molecule is CSc1ccc2c(c1)N(CCCN1CCN(C34CC5CC(CC(C5)C3)C4)CC1)c1ccccc1S2. The maximum absolute atomic E-state index is 2.96. The lowest BCUT2D eigenvalue weighted by Crippen LogP contribution is -2.63. The van der Waals surface area contributed by atoms with Gasteiger partial charge in [-0.15, -0.1) is 11.8 Å². The molecule has 5 heteroatoms. The van der Waals surface area contributed by atoms with E-state index in [1.54, 1.807) is 19.3 Å². The highest BCUT2D eigenvalue weighted by atomic mass is 32.2. The largest absolute Gasteiger partial charge is 0.340 e. The summed E-state index contributed by atoms with van der Waals surface area (Å²) in [6.07, 6.45) is 12.6. The van der Waals surface area contributed by atoms with E-state index in [0.29, 0.717) is 5.54 Å². The Morgan fingerprint density at radius 1 is 0.829 bits per heavy atom. The number of nitrogens with zero attached hydrogens (tertiary/aromatic N) is 3. The van der Waals surface area contributed by atoms with Crippen LogP contribution >= 0.6 is 23.5 Å². The van der Waals surface area contributed by atoms with Crippen LogP contribution < -0.4 is 4.90 Å². The molecule has 0 spiro atoms. The van der Waals surface area contributed by atoms with Crippen LogP contribution in [-0.4, -0.2) is 60.9 Å². The van der Waals surface area contributed by atoms with Crippen LogP contribution in [0.5, 0.6) is 0 Å². The van der Waals surface area contributed by atoms with Crippen molar-refractivity contribution in [1.82, 2.24) is 9.80 Å². The molecule has 0 aromatic heterocycles. The quantitative estimate of drug-likeness (QED) is 0.390. The summed E-state index contributed by atoms with van der Waals surface area (Å²) in [7, 11) is 0. The first-order chi connectivity index (χ1) is 17.2. The zero-order chi connectivity index (χ0) is 23.4. The van der Waals surface area contributed by atoms with Gasteiger partial charge in [0.15, 0.2) is 0 Å².